The summed E-state index contributed by atoms with van der Waals surface area (Å²) < 4.78 is 0. The van der Waals surface area contributed by atoms with Gasteiger partial charge in [-0.3, -0.25) is 4.99 Å². The van der Waals surface area contributed by atoms with Gasteiger partial charge in [0.1, 0.15) is 0 Å². The largest absolute Gasteiger partial charge is 0.356 e. The lowest BCUT2D eigenvalue weighted by Crippen LogP contribution is -2.38. The van der Waals surface area contributed by atoms with Gasteiger partial charge in [-0.05, 0) is 6.26 Å². The average molecular weight is 287 g/mol. The summed E-state index contributed by atoms with van der Waals surface area (Å²) in [6, 6.07) is 0. The van der Waals surface area contributed by atoms with E-state index in [2.05, 4.69) is 32.2 Å². The Morgan fingerprint density at radius 2 is 2.28 bits per heavy atom. The Labute approximate surface area is 117 Å². The molecule has 2 N–H and O–H groups in total. The van der Waals surface area contributed by atoms with E-state index < -0.39 is 0 Å². The summed E-state index contributed by atoms with van der Waals surface area (Å²) in [4.78, 5) is 10.7. The zero-order valence-electron chi connectivity index (χ0n) is 11.4. The van der Waals surface area contributed by atoms with Crippen molar-refractivity contribution in [3.05, 3.63) is 11.1 Å². The van der Waals surface area contributed by atoms with Crippen molar-refractivity contribution in [2.45, 2.75) is 6.54 Å². The second-order valence-corrected chi connectivity index (χ2v) is 5.68. The van der Waals surface area contributed by atoms with E-state index in [1.807, 2.05) is 30.8 Å². The summed E-state index contributed by atoms with van der Waals surface area (Å²) >= 11 is 3.46. The maximum atomic E-state index is 4.51. The minimum atomic E-state index is 0.698. The summed E-state index contributed by atoms with van der Waals surface area (Å²) in [5.41, 5.74) is 1.04. The molecule has 0 aliphatic rings. The molecule has 18 heavy (non-hydrogen) atoms. The predicted octanol–water partition coefficient (Wildman–Crippen LogP) is 1.24. The summed E-state index contributed by atoms with van der Waals surface area (Å²) in [5, 5.41) is 9.60. The van der Waals surface area contributed by atoms with Gasteiger partial charge in [-0.15, -0.1) is 11.3 Å². The minimum absolute atomic E-state index is 0.698. The number of thiazole rings is 1. The lowest BCUT2D eigenvalue weighted by atomic mass is 10.5. The lowest BCUT2D eigenvalue weighted by molar-refractivity contribution is 0.817. The summed E-state index contributed by atoms with van der Waals surface area (Å²) in [5.74, 6) is 1.89. The zero-order valence-corrected chi connectivity index (χ0v) is 13.0. The maximum absolute atomic E-state index is 4.51. The number of nitrogens with zero attached hydrogens (tertiary/aromatic N) is 3. The second kappa shape index (κ2) is 8.20. The van der Waals surface area contributed by atoms with Crippen LogP contribution in [-0.4, -0.2) is 50.6 Å². The van der Waals surface area contributed by atoms with E-state index in [0.29, 0.717) is 6.54 Å². The van der Waals surface area contributed by atoms with Crippen LogP contribution in [0.1, 0.15) is 5.69 Å². The SMILES string of the molecule is CN=C(NCCSC)NCc1csc(N(C)C)n1. The van der Waals surface area contributed by atoms with Gasteiger partial charge in [0.2, 0.25) is 0 Å². The standard InChI is InChI=1S/C11H21N5S2/c1-12-10(13-5-6-17-4)14-7-9-8-18-11(15-9)16(2)3/h8H,5-7H2,1-4H3,(H2,12,13,14). The summed E-state index contributed by atoms with van der Waals surface area (Å²) in [6.07, 6.45) is 2.09. The topological polar surface area (TPSA) is 52.6 Å². The molecule has 0 aliphatic heterocycles. The van der Waals surface area contributed by atoms with Crippen molar-refractivity contribution in [3.63, 3.8) is 0 Å². The average Bonchev–Trinajstić information content (AvgIpc) is 2.82. The molecular formula is C11H21N5S2. The van der Waals surface area contributed by atoms with Crippen molar-refractivity contribution in [2.24, 2.45) is 4.99 Å². The molecular weight excluding hydrogens is 266 g/mol. The number of hydrogen-bond acceptors (Lipinski definition) is 5. The van der Waals surface area contributed by atoms with E-state index >= 15 is 0 Å². The molecule has 0 aliphatic carbocycles. The Morgan fingerprint density at radius 3 is 2.83 bits per heavy atom. The first kappa shape index (κ1) is 15.1. The lowest BCUT2D eigenvalue weighted by Gasteiger charge is -2.10. The van der Waals surface area contributed by atoms with Crippen LogP contribution >= 0.6 is 23.1 Å². The highest BCUT2D eigenvalue weighted by Gasteiger charge is 2.04. The smallest absolute Gasteiger partial charge is 0.191 e. The van der Waals surface area contributed by atoms with Gasteiger partial charge in [0.25, 0.3) is 0 Å². The third-order valence-electron chi connectivity index (χ3n) is 2.18. The summed E-state index contributed by atoms with van der Waals surface area (Å²) in [6.45, 7) is 1.62. The van der Waals surface area contributed by atoms with Gasteiger partial charge in [0, 0.05) is 38.8 Å². The summed E-state index contributed by atoms with van der Waals surface area (Å²) in [7, 11) is 5.78. The third kappa shape index (κ3) is 5.14. The highest BCUT2D eigenvalue weighted by Crippen LogP contribution is 2.17. The Morgan fingerprint density at radius 1 is 1.50 bits per heavy atom. The van der Waals surface area contributed by atoms with Crippen LogP contribution in [0.5, 0.6) is 0 Å². The van der Waals surface area contributed by atoms with Crippen LogP contribution in [0.15, 0.2) is 10.4 Å². The van der Waals surface area contributed by atoms with Gasteiger partial charge < -0.3 is 15.5 Å². The van der Waals surface area contributed by atoms with Crippen LogP contribution in [0.2, 0.25) is 0 Å². The fraction of sp³-hybridized carbons (Fsp3) is 0.636. The van der Waals surface area contributed by atoms with Gasteiger partial charge in [0.15, 0.2) is 11.1 Å². The Balaban J connectivity index is 2.37. The highest BCUT2D eigenvalue weighted by atomic mass is 32.2. The van der Waals surface area contributed by atoms with Crippen molar-refractivity contribution >= 4 is 34.2 Å². The molecule has 1 heterocycles. The zero-order chi connectivity index (χ0) is 13.4. The van der Waals surface area contributed by atoms with E-state index in [0.717, 1.165) is 29.1 Å². The molecule has 1 aromatic rings. The number of thioether (sulfide) groups is 1. The third-order valence-corrected chi connectivity index (χ3v) is 3.85. The number of aromatic nitrogens is 1. The van der Waals surface area contributed by atoms with Crippen LogP contribution in [0.3, 0.4) is 0 Å². The molecule has 0 amide bonds. The minimum Gasteiger partial charge on any atom is -0.356 e. The molecule has 0 unspecified atom stereocenters. The molecule has 0 saturated carbocycles. The molecule has 5 nitrogen and oxygen atoms in total. The van der Waals surface area contributed by atoms with Crippen molar-refractivity contribution in [1.82, 2.24) is 15.6 Å². The van der Waals surface area contributed by atoms with Crippen molar-refractivity contribution < 1.29 is 0 Å². The number of rotatable bonds is 6. The molecule has 1 rings (SSSR count). The molecule has 102 valence electrons. The first-order chi connectivity index (χ1) is 8.67. The molecule has 0 spiro atoms. The van der Waals surface area contributed by atoms with E-state index in [1.54, 1.807) is 18.4 Å². The van der Waals surface area contributed by atoms with Crippen molar-refractivity contribution in [3.8, 4) is 0 Å². The number of nitrogens with one attached hydrogen (secondary N) is 2. The molecule has 0 fully saturated rings. The first-order valence-electron chi connectivity index (χ1n) is 5.72. The fourth-order valence-electron chi connectivity index (χ4n) is 1.25. The Hall–Kier alpha value is -0.950. The van der Waals surface area contributed by atoms with Gasteiger partial charge in [-0.1, -0.05) is 0 Å². The molecule has 0 radical (unpaired) electrons. The van der Waals surface area contributed by atoms with Gasteiger partial charge in [-0.25, -0.2) is 4.98 Å². The Kier molecular flexibility index (Phi) is 6.89. The van der Waals surface area contributed by atoms with Crippen molar-refractivity contribution in [1.29, 1.82) is 0 Å². The van der Waals surface area contributed by atoms with Crippen molar-refractivity contribution in [2.75, 3.05) is 44.6 Å². The highest BCUT2D eigenvalue weighted by molar-refractivity contribution is 7.98. The molecule has 0 atom stereocenters. The van der Waals surface area contributed by atoms with Gasteiger partial charge >= 0.3 is 0 Å². The fourth-order valence-corrected chi connectivity index (χ4v) is 2.31. The molecule has 0 saturated heterocycles. The van der Waals surface area contributed by atoms with Crippen LogP contribution in [-0.2, 0) is 6.54 Å². The molecule has 1 aromatic heterocycles. The van der Waals surface area contributed by atoms with Crippen LogP contribution in [0.4, 0.5) is 5.13 Å². The molecule has 0 aromatic carbocycles. The van der Waals surface area contributed by atoms with E-state index in [4.69, 9.17) is 0 Å². The van der Waals surface area contributed by atoms with E-state index in [9.17, 15) is 0 Å². The van der Waals surface area contributed by atoms with Crippen LogP contribution < -0.4 is 15.5 Å². The number of hydrogen-bond donors (Lipinski definition) is 2. The second-order valence-electron chi connectivity index (χ2n) is 3.86. The molecule has 0 bridgehead atoms. The first-order valence-corrected chi connectivity index (χ1v) is 8.00. The monoisotopic (exact) mass is 287 g/mol. The maximum Gasteiger partial charge on any atom is 0.191 e. The predicted molar refractivity (Wildman–Crippen MR) is 83.0 cm³/mol. The quantitative estimate of drug-likeness (QED) is 0.468. The van der Waals surface area contributed by atoms with E-state index in [1.165, 1.54) is 0 Å². The van der Waals surface area contributed by atoms with Gasteiger partial charge in [-0.2, -0.15) is 11.8 Å². The van der Waals surface area contributed by atoms with Gasteiger partial charge in [0.05, 0.1) is 12.2 Å². The number of guanidine groups is 1. The van der Waals surface area contributed by atoms with E-state index in [-0.39, 0.29) is 0 Å². The number of aliphatic imine (C=N–C) groups is 1. The normalized spacial score (nSPS) is 11.4. The number of anilines is 1. The van der Waals surface area contributed by atoms with Crippen LogP contribution in [0, 0.1) is 0 Å². The Bertz CT molecular complexity index is 375. The van der Waals surface area contributed by atoms with Crippen LogP contribution in [0.25, 0.3) is 0 Å². The molecule has 7 heteroatoms.